The molecule has 0 spiro atoms. The van der Waals surface area contributed by atoms with Crippen molar-refractivity contribution in [2.24, 2.45) is 0 Å². The number of para-hydroxylation sites is 1. The standard InChI is InChI=1S/C21H23N3O2/c1-14-6-5-7-17-19(14)22-13-24(20(17)26)12-18(25)23-16-10-8-15(9-11-16)21(2,3)4/h5-11,13H,12H2,1-4H3,(H,23,25). The summed E-state index contributed by atoms with van der Waals surface area (Å²) in [6.07, 6.45) is 1.43. The molecular weight excluding hydrogens is 326 g/mol. The van der Waals surface area contributed by atoms with Crippen LogP contribution in [0.25, 0.3) is 10.9 Å². The van der Waals surface area contributed by atoms with Gasteiger partial charge in [-0.05, 0) is 41.7 Å². The summed E-state index contributed by atoms with van der Waals surface area (Å²) in [7, 11) is 0. The van der Waals surface area contributed by atoms with E-state index in [1.807, 2.05) is 43.3 Å². The minimum absolute atomic E-state index is 0.0603. The number of nitrogens with one attached hydrogen (secondary N) is 1. The number of amides is 1. The van der Waals surface area contributed by atoms with Crippen LogP contribution >= 0.6 is 0 Å². The molecule has 0 aliphatic heterocycles. The van der Waals surface area contributed by atoms with Crippen LogP contribution < -0.4 is 10.9 Å². The Bertz CT molecular complexity index is 1010. The molecule has 3 rings (SSSR count). The quantitative estimate of drug-likeness (QED) is 0.785. The molecule has 1 heterocycles. The van der Waals surface area contributed by atoms with Gasteiger partial charge in [0.15, 0.2) is 0 Å². The van der Waals surface area contributed by atoms with Crippen LogP contribution in [0.3, 0.4) is 0 Å². The Balaban J connectivity index is 1.77. The molecule has 1 aromatic heterocycles. The van der Waals surface area contributed by atoms with Crippen molar-refractivity contribution in [1.29, 1.82) is 0 Å². The third-order valence-corrected chi connectivity index (χ3v) is 4.40. The molecule has 0 aliphatic rings. The molecule has 0 atom stereocenters. The van der Waals surface area contributed by atoms with Crippen molar-refractivity contribution in [2.45, 2.75) is 39.7 Å². The lowest BCUT2D eigenvalue weighted by Crippen LogP contribution is -2.28. The SMILES string of the molecule is Cc1cccc2c(=O)n(CC(=O)Nc3ccc(C(C)(C)C)cc3)cnc12. The zero-order valence-electron chi connectivity index (χ0n) is 15.5. The van der Waals surface area contributed by atoms with Gasteiger partial charge in [0, 0.05) is 5.69 Å². The smallest absolute Gasteiger partial charge is 0.261 e. The van der Waals surface area contributed by atoms with Crippen LogP contribution in [0.2, 0.25) is 0 Å². The predicted octanol–water partition coefficient (Wildman–Crippen LogP) is 3.64. The fourth-order valence-corrected chi connectivity index (χ4v) is 2.86. The first-order valence-corrected chi connectivity index (χ1v) is 8.61. The summed E-state index contributed by atoms with van der Waals surface area (Å²) in [5.41, 5.74) is 3.37. The Morgan fingerprint density at radius 2 is 1.81 bits per heavy atom. The number of nitrogens with zero attached hydrogens (tertiary/aromatic N) is 2. The molecule has 0 saturated carbocycles. The molecule has 3 aromatic rings. The molecule has 0 aliphatic carbocycles. The van der Waals surface area contributed by atoms with Crippen molar-refractivity contribution in [1.82, 2.24) is 9.55 Å². The van der Waals surface area contributed by atoms with Crippen molar-refractivity contribution < 1.29 is 4.79 Å². The van der Waals surface area contributed by atoms with E-state index in [1.165, 1.54) is 16.5 Å². The van der Waals surface area contributed by atoms with Crippen LogP contribution in [0.15, 0.2) is 53.6 Å². The summed E-state index contributed by atoms with van der Waals surface area (Å²) in [6, 6.07) is 13.2. The highest BCUT2D eigenvalue weighted by Crippen LogP contribution is 2.23. The Morgan fingerprint density at radius 3 is 2.46 bits per heavy atom. The normalized spacial score (nSPS) is 11.5. The average molecular weight is 349 g/mol. The Hall–Kier alpha value is -2.95. The molecule has 134 valence electrons. The first kappa shape index (κ1) is 17.9. The predicted molar refractivity (Wildman–Crippen MR) is 105 cm³/mol. The second-order valence-electron chi connectivity index (χ2n) is 7.52. The number of fused-ring (bicyclic) bond motifs is 1. The van der Waals surface area contributed by atoms with E-state index in [9.17, 15) is 9.59 Å². The van der Waals surface area contributed by atoms with Gasteiger partial charge in [-0.2, -0.15) is 0 Å². The summed E-state index contributed by atoms with van der Waals surface area (Å²) in [6.45, 7) is 8.26. The van der Waals surface area contributed by atoms with Crippen LogP contribution in [-0.2, 0) is 16.8 Å². The molecule has 0 bridgehead atoms. The van der Waals surface area contributed by atoms with Crippen LogP contribution in [0.5, 0.6) is 0 Å². The minimum Gasteiger partial charge on any atom is -0.325 e. The number of aryl methyl sites for hydroxylation is 1. The number of carbonyl (C=O) groups is 1. The zero-order valence-corrected chi connectivity index (χ0v) is 15.5. The van der Waals surface area contributed by atoms with E-state index in [4.69, 9.17) is 0 Å². The van der Waals surface area contributed by atoms with Gasteiger partial charge < -0.3 is 5.32 Å². The number of benzene rings is 2. The molecule has 5 nitrogen and oxygen atoms in total. The molecular formula is C21H23N3O2. The van der Waals surface area contributed by atoms with Crippen molar-refractivity contribution >= 4 is 22.5 Å². The molecule has 1 amide bonds. The number of carbonyl (C=O) groups excluding carboxylic acids is 1. The highest BCUT2D eigenvalue weighted by atomic mass is 16.2. The lowest BCUT2D eigenvalue weighted by molar-refractivity contribution is -0.116. The Morgan fingerprint density at radius 1 is 1.12 bits per heavy atom. The highest BCUT2D eigenvalue weighted by molar-refractivity contribution is 5.90. The van der Waals surface area contributed by atoms with Crippen molar-refractivity contribution in [3.8, 4) is 0 Å². The van der Waals surface area contributed by atoms with E-state index in [0.717, 1.165) is 5.56 Å². The molecule has 1 N–H and O–H groups in total. The van der Waals surface area contributed by atoms with Crippen LogP contribution in [-0.4, -0.2) is 15.5 Å². The largest absolute Gasteiger partial charge is 0.325 e. The van der Waals surface area contributed by atoms with Crippen molar-refractivity contribution in [2.75, 3.05) is 5.32 Å². The first-order valence-electron chi connectivity index (χ1n) is 8.61. The van der Waals surface area contributed by atoms with Gasteiger partial charge in [-0.1, -0.05) is 45.0 Å². The molecule has 0 unspecified atom stereocenters. The summed E-state index contributed by atoms with van der Waals surface area (Å²) >= 11 is 0. The van der Waals surface area contributed by atoms with Gasteiger partial charge in [-0.15, -0.1) is 0 Å². The number of anilines is 1. The van der Waals surface area contributed by atoms with Crippen LogP contribution in [0, 0.1) is 6.92 Å². The summed E-state index contributed by atoms with van der Waals surface area (Å²) in [4.78, 5) is 29.2. The van der Waals surface area contributed by atoms with Gasteiger partial charge in [0.25, 0.3) is 5.56 Å². The molecule has 5 heteroatoms. The zero-order chi connectivity index (χ0) is 18.9. The fraction of sp³-hybridized carbons (Fsp3) is 0.286. The van der Waals surface area contributed by atoms with Crippen molar-refractivity contribution in [3.05, 3.63) is 70.3 Å². The topological polar surface area (TPSA) is 64.0 Å². The van der Waals surface area contributed by atoms with E-state index in [1.54, 1.807) is 6.07 Å². The van der Waals surface area contributed by atoms with E-state index in [0.29, 0.717) is 16.6 Å². The number of hydrogen-bond donors (Lipinski definition) is 1. The third kappa shape index (κ3) is 3.67. The van der Waals surface area contributed by atoms with E-state index in [2.05, 4.69) is 31.1 Å². The minimum atomic E-state index is -0.260. The van der Waals surface area contributed by atoms with E-state index < -0.39 is 0 Å². The molecule has 2 aromatic carbocycles. The third-order valence-electron chi connectivity index (χ3n) is 4.40. The van der Waals surface area contributed by atoms with Gasteiger partial charge in [0.05, 0.1) is 17.2 Å². The number of aromatic nitrogens is 2. The Labute approximate surface area is 152 Å². The second-order valence-corrected chi connectivity index (χ2v) is 7.52. The summed E-state index contributed by atoms with van der Waals surface area (Å²) in [5, 5.41) is 3.35. The summed E-state index contributed by atoms with van der Waals surface area (Å²) < 4.78 is 1.33. The van der Waals surface area contributed by atoms with E-state index >= 15 is 0 Å². The number of rotatable bonds is 3. The highest BCUT2D eigenvalue weighted by Gasteiger charge is 2.14. The van der Waals surface area contributed by atoms with Crippen LogP contribution in [0.1, 0.15) is 31.9 Å². The van der Waals surface area contributed by atoms with Crippen molar-refractivity contribution in [3.63, 3.8) is 0 Å². The van der Waals surface area contributed by atoms with E-state index in [-0.39, 0.29) is 23.4 Å². The second kappa shape index (κ2) is 6.75. The fourth-order valence-electron chi connectivity index (χ4n) is 2.86. The van der Waals surface area contributed by atoms with Gasteiger partial charge in [0.2, 0.25) is 5.91 Å². The maximum Gasteiger partial charge on any atom is 0.261 e. The lowest BCUT2D eigenvalue weighted by Gasteiger charge is -2.19. The van der Waals surface area contributed by atoms with Gasteiger partial charge in [-0.25, -0.2) is 4.98 Å². The Kier molecular flexibility index (Phi) is 4.64. The average Bonchev–Trinajstić information content (AvgIpc) is 2.57. The molecule has 0 saturated heterocycles. The molecule has 0 radical (unpaired) electrons. The van der Waals surface area contributed by atoms with Crippen LogP contribution in [0.4, 0.5) is 5.69 Å². The maximum atomic E-state index is 12.6. The van der Waals surface area contributed by atoms with Gasteiger partial charge in [0.1, 0.15) is 6.54 Å². The lowest BCUT2D eigenvalue weighted by atomic mass is 9.87. The van der Waals surface area contributed by atoms with Gasteiger partial charge >= 0.3 is 0 Å². The number of hydrogen-bond acceptors (Lipinski definition) is 3. The van der Waals surface area contributed by atoms with Gasteiger partial charge in [-0.3, -0.25) is 14.2 Å². The monoisotopic (exact) mass is 349 g/mol. The maximum absolute atomic E-state index is 12.6. The molecule has 0 fully saturated rings. The first-order chi connectivity index (χ1) is 12.3. The molecule has 26 heavy (non-hydrogen) atoms. The summed E-state index contributed by atoms with van der Waals surface area (Å²) in [5.74, 6) is -0.260.